The van der Waals surface area contributed by atoms with E-state index in [0.29, 0.717) is 23.3 Å². The molecule has 1 unspecified atom stereocenters. The van der Waals surface area contributed by atoms with E-state index in [0.717, 1.165) is 21.7 Å². The van der Waals surface area contributed by atoms with Gasteiger partial charge in [-0.15, -0.1) is 0 Å². The number of furan rings is 1. The minimum Gasteiger partial charge on any atom is -0.467 e. The molecular formula is C28H25N3O6. The Hall–Kier alpha value is -4.53. The molecule has 0 bridgehead atoms. The van der Waals surface area contributed by atoms with E-state index in [-0.39, 0.29) is 31.2 Å². The number of amides is 3. The Balaban J connectivity index is 1.16. The second-order valence-corrected chi connectivity index (χ2v) is 8.96. The maximum absolute atomic E-state index is 13.0. The molecule has 37 heavy (non-hydrogen) atoms. The molecule has 2 aromatic carbocycles. The largest absolute Gasteiger partial charge is 0.467 e. The highest BCUT2D eigenvalue weighted by Gasteiger charge is 2.36. The minimum absolute atomic E-state index is 0.0415. The molecule has 2 aliphatic heterocycles. The van der Waals surface area contributed by atoms with E-state index in [1.165, 1.54) is 11.3 Å². The maximum Gasteiger partial charge on any atom is 0.306 e. The Kier molecular flexibility index (Phi) is 6.68. The van der Waals surface area contributed by atoms with Crippen LogP contribution in [0.1, 0.15) is 62.9 Å². The Morgan fingerprint density at radius 3 is 2.35 bits per heavy atom. The van der Waals surface area contributed by atoms with Crippen LogP contribution in [0.2, 0.25) is 0 Å². The van der Waals surface area contributed by atoms with Crippen LogP contribution in [0.15, 0.2) is 76.4 Å². The van der Waals surface area contributed by atoms with Crippen molar-refractivity contribution in [2.24, 2.45) is 5.10 Å². The third-order valence-electron chi connectivity index (χ3n) is 6.42. The van der Waals surface area contributed by atoms with Gasteiger partial charge in [0.1, 0.15) is 11.8 Å². The lowest BCUT2D eigenvalue weighted by Crippen LogP contribution is -2.32. The van der Waals surface area contributed by atoms with Crippen molar-refractivity contribution in [1.29, 1.82) is 0 Å². The number of hydrogen-bond donors (Lipinski definition) is 0. The summed E-state index contributed by atoms with van der Waals surface area (Å²) in [5, 5.41) is 5.83. The zero-order valence-electron chi connectivity index (χ0n) is 20.3. The van der Waals surface area contributed by atoms with E-state index < -0.39 is 24.5 Å². The second-order valence-electron chi connectivity index (χ2n) is 8.96. The minimum atomic E-state index is -0.596. The molecule has 9 heteroatoms. The highest BCUT2D eigenvalue weighted by molar-refractivity contribution is 6.21. The van der Waals surface area contributed by atoms with Gasteiger partial charge >= 0.3 is 5.97 Å². The number of fused-ring (bicyclic) bond motifs is 1. The molecule has 0 spiro atoms. The molecule has 0 saturated heterocycles. The fraction of sp³-hybridized carbons (Fsp3) is 0.250. The SMILES string of the molecule is Cc1ccc(C2=NN(C(=O)COC(=O)CCCN3C(=O)c4ccccc4C3=O)C(c3ccco3)C2)cc1. The van der Waals surface area contributed by atoms with Crippen LogP contribution in [0.5, 0.6) is 0 Å². The average molecular weight is 500 g/mol. The smallest absolute Gasteiger partial charge is 0.306 e. The van der Waals surface area contributed by atoms with Gasteiger partial charge in [-0.3, -0.25) is 24.1 Å². The number of hydrogen-bond acceptors (Lipinski definition) is 7. The monoisotopic (exact) mass is 499 g/mol. The molecule has 9 nitrogen and oxygen atoms in total. The molecule has 0 radical (unpaired) electrons. The summed E-state index contributed by atoms with van der Waals surface area (Å²) < 4.78 is 10.7. The molecule has 5 rings (SSSR count). The molecule has 0 fully saturated rings. The van der Waals surface area contributed by atoms with Gasteiger partial charge < -0.3 is 9.15 Å². The van der Waals surface area contributed by atoms with Gasteiger partial charge in [-0.2, -0.15) is 5.10 Å². The van der Waals surface area contributed by atoms with E-state index in [1.54, 1.807) is 36.4 Å². The third-order valence-corrected chi connectivity index (χ3v) is 6.42. The van der Waals surface area contributed by atoms with Crippen molar-refractivity contribution in [3.05, 3.63) is 94.9 Å². The number of rotatable bonds is 8. The topological polar surface area (TPSA) is 109 Å². The van der Waals surface area contributed by atoms with Crippen molar-refractivity contribution in [3.63, 3.8) is 0 Å². The van der Waals surface area contributed by atoms with Crippen molar-refractivity contribution in [1.82, 2.24) is 9.91 Å². The fourth-order valence-electron chi connectivity index (χ4n) is 4.47. The summed E-state index contributed by atoms with van der Waals surface area (Å²) in [6.45, 7) is 1.61. The molecule has 3 heterocycles. The van der Waals surface area contributed by atoms with Gasteiger partial charge in [-0.1, -0.05) is 42.0 Å². The molecule has 2 aliphatic rings. The molecule has 1 atom stereocenters. The first-order valence-electron chi connectivity index (χ1n) is 12.0. The lowest BCUT2D eigenvalue weighted by atomic mass is 10.0. The lowest BCUT2D eigenvalue weighted by molar-refractivity contribution is -0.153. The van der Waals surface area contributed by atoms with Crippen molar-refractivity contribution < 1.29 is 28.3 Å². The van der Waals surface area contributed by atoms with Crippen molar-refractivity contribution in [2.75, 3.05) is 13.2 Å². The number of carbonyl (C=O) groups excluding carboxylic acids is 4. The van der Waals surface area contributed by atoms with Crippen molar-refractivity contribution >= 4 is 29.4 Å². The Bertz CT molecular complexity index is 1340. The predicted molar refractivity (Wildman–Crippen MR) is 133 cm³/mol. The van der Waals surface area contributed by atoms with Gasteiger partial charge in [0.25, 0.3) is 17.7 Å². The summed E-state index contributed by atoms with van der Waals surface area (Å²) >= 11 is 0. The summed E-state index contributed by atoms with van der Waals surface area (Å²) in [6, 6.07) is 17.6. The predicted octanol–water partition coefficient (Wildman–Crippen LogP) is 3.89. The molecular weight excluding hydrogens is 474 g/mol. The standard InChI is InChI=1S/C28H25N3O6/c1-18-10-12-19(13-11-18)22-16-23(24-8-5-15-36-24)31(29-22)25(32)17-37-26(33)9-4-14-30-27(34)20-6-2-3-7-21(20)28(30)35/h2-3,5-8,10-13,15,23H,4,9,14,16-17H2,1H3. The number of esters is 1. The van der Waals surface area contributed by atoms with Crippen LogP contribution < -0.4 is 0 Å². The summed E-state index contributed by atoms with van der Waals surface area (Å²) in [6.07, 6.45) is 2.19. The van der Waals surface area contributed by atoms with E-state index in [9.17, 15) is 19.2 Å². The highest BCUT2D eigenvalue weighted by Crippen LogP contribution is 2.33. The fourth-order valence-corrected chi connectivity index (χ4v) is 4.47. The van der Waals surface area contributed by atoms with Gasteiger partial charge in [0.15, 0.2) is 6.61 Å². The molecule has 1 aromatic heterocycles. The molecule has 0 aliphatic carbocycles. The third kappa shape index (κ3) is 4.93. The van der Waals surface area contributed by atoms with E-state index in [4.69, 9.17) is 9.15 Å². The number of carbonyl (C=O) groups is 4. The van der Waals surface area contributed by atoms with E-state index in [1.807, 2.05) is 31.2 Å². The van der Waals surface area contributed by atoms with Crippen LogP contribution in [0.4, 0.5) is 0 Å². The molecule has 3 aromatic rings. The first-order chi connectivity index (χ1) is 17.9. The molecule has 0 N–H and O–H groups in total. The summed E-state index contributed by atoms with van der Waals surface area (Å²) in [7, 11) is 0. The number of nitrogens with zero attached hydrogens (tertiary/aromatic N) is 3. The zero-order valence-corrected chi connectivity index (χ0v) is 20.3. The number of imide groups is 1. The quantitative estimate of drug-likeness (QED) is 0.344. The van der Waals surface area contributed by atoms with E-state index >= 15 is 0 Å². The first-order valence-corrected chi connectivity index (χ1v) is 12.0. The van der Waals surface area contributed by atoms with Crippen molar-refractivity contribution in [2.45, 2.75) is 32.2 Å². The van der Waals surface area contributed by atoms with Gasteiger partial charge in [-0.05, 0) is 43.2 Å². The van der Waals surface area contributed by atoms with Gasteiger partial charge in [0.2, 0.25) is 0 Å². The number of benzene rings is 2. The van der Waals surface area contributed by atoms with Gasteiger partial charge in [0.05, 0.1) is 23.1 Å². The second kappa shape index (κ2) is 10.2. The summed E-state index contributed by atoms with van der Waals surface area (Å²) in [4.78, 5) is 51.3. The maximum atomic E-state index is 13.0. The normalized spacial score (nSPS) is 16.7. The van der Waals surface area contributed by atoms with Gasteiger partial charge in [-0.25, -0.2) is 5.01 Å². The lowest BCUT2D eigenvalue weighted by Gasteiger charge is -2.19. The Morgan fingerprint density at radius 1 is 1.00 bits per heavy atom. The van der Waals surface area contributed by atoms with Crippen LogP contribution in [-0.2, 0) is 14.3 Å². The molecule has 3 amide bonds. The first kappa shape index (κ1) is 24.2. The highest BCUT2D eigenvalue weighted by atomic mass is 16.5. The Labute approximate surface area is 213 Å². The summed E-state index contributed by atoms with van der Waals surface area (Å²) in [5.41, 5.74) is 3.49. The number of hydrazone groups is 1. The van der Waals surface area contributed by atoms with Crippen LogP contribution in [0.3, 0.4) is 0 Å². The van der Waals surface area contributed by atoms with Gasteiger partial charge in [0, 0.05) is 19.4 Å². The average Bonchev–Trinajstić information content (AvgIpc) is 3.64. The van der Waals surface area contributed by atoms with Crippen molar-refractivity contribution in [3.8, 4) is 0 Å². The number of aryl methyl sites for hydroxylation is 1. The van der Waals surface area contributed by atoms with Crippen LogP contribution in [0.25, 0.3) is 0 Å². The van der Waals surface area contributed by atoms with Crippen LogP contribution in [0, 0.1) is 6.92 Å². The molecule has 188 valence electrons. The van der Waals surface area contributed by atoms with E-state index in [2.05, 4.69) is 5.10 Å². The number of ether oxygens (including phenoxy) is 1. The zero-order chi connectivity index (χ0) is 25.9. The van der Waals surface area contributed by atoms with Crippen LogP contribution in [-0.4, -0.2) is 52.5 Å². The summed E-state index contributed by atoms with van der Waals surface area (Å²) in [5.74, 6) is -1.22. The molecule has 0 saturated carbocycles. The van der Waals surface area contributed by atoms with Crippen LogP contribution >= 0.6 is 0 Å². The Morgan fingerprint density at radius 2 is 1.70 bits per heavy atom.